The number of benzene rings is 1. The number of anilines is 2. The van der Waals surface area contributed by atoms with Crippen molar-refractivity contribution in [3.8, 4) is 0 Å². The van der Waals surface area contributed by atoms with Gasteiger partial charge in [-0.3, -0.25) is 9.20 Å². The highest BCUT2D eigenvalue weighted by Crippen LogP contribution is 2.27. The second kappa shape index (κ2) is 5.65. The Labute approximate surface area is 132 Å². The molecule has 0 saturated heterocycles. The first-order valence-electron chi connectivity index (χ1n) is 6.62. The molecule has 1 N–H and O–H groups in total. The monoisotopic (exact) mass is 315 g/mol. The predicted octanol–water partition coefficient (Wildman–Crippen LogP) is 2.70. The number of nitrogens with zero attached hydrogens (tertiary/aromatic N) is 4. The molecule has 3 aromatic rings. The van der Waals surface area contributed by atoms with E-state index in [9.17, 15) is 4.79 Å². The molecule has 0 radical (unpaired) electrons. The van der Waals surface area contributed by atoms with E-state index < -0.39 is 0 Å². The number of aromatic nitrogens is 3. The third-order valence-electron chi connectivity index (χ3n) is 3.16. The smallest absolute Gasteiger partial charge is 0.275 e. The third-order valence-corrected chi connectivity index (χ3v) is 3.46. The van der Waals surface area contributed by atoms with Crippen LogP contribution in [-0.4, -0.2) is 34.4 Å². The van der Waals surface area contributed by atoms with Crippen LogP contribution in [0, 0.1) is 0 Å². The molecule has 0 atom stereocenters. The predicted molar refractivity (Wildman–Crippen MR) is 86.7 cm³/mol. The standard InChI is InChI=1S/C15H14ClN5O/c1-20(2)13-5-4-10(8-11(13)16)18-14(22)12-9-21-7-3-6-17-15(21)19-12/h3-9H,1-2H3,(H,18,22). The van der Waals surface area contributed by atoms with Gasteiger partial charge in [0.15, 0.2) is 0 Å². The van der Waals surface area contributed by atoms with Gasteiger partial charge in [-0.25, -0.2) is 9.97 Å². The summed E-state index contributed by atoms with van der Waals surface area (Å²) in [6.07, 6.45) is 5.05. The van der Waals surface area contributed by atoms with Gasteiger partial charge in [-0.2, -0.15) is 0 Å². The molecule has 22 heavy (non-hydrogen) atoms. The van der Waals surface area contributed by atoms with Gasteiger partial charge >= 0.3 is 0 Å². The Hall–Kier alpha value is -2.60. The number of hydrogen-bond donors (Lipinski definition) is 1. The molecule has 0 bridgehead atoms. The van der Waals surface area contributed by atoms with Crippen LogP contribution in [0.5, 0.6) is 0 Å². The number of fused-ring (bicyclic) bond motifs is 1. The Morgan fingerprint density at radius 3 is 2.86 bits per heavy atom. The van der Waals surface area contributed by atoms with Crippen molar-refractivity contribution in [3.63, 3.8) is 0 Å². The number of hydrogen-bond acceptors (Lipinski definition) is 4. The molecule has 0 aliphatic heterocycles. The van der Waals surface area contributed by atoms with E-state index in [1.165, 1.54) is 0 Å². The second-order valence-electron chi connectivity index (χ2n) is 4.97. The summed E-state index contributed by atoms with van der Waals surface area (Å²) in [5.41, 5.74) is 1.80. The number of rotatable bonds is 3. The maximum atomic E-state index is 12.2. The molecule has 1 amide bonds. The number of amides is 1. The maximum absolute atomic E-state index is 12.2. The van der Waals surface area contributed by atoms with Crippen molar-refractivity contribution in [2.24, 2.45) is 0 Å². The highest BCUT2D eigenvalue weighted by Gasteiger charge is 2.12. The minimum absolute atomic E-state index is 0.298. The summed E-state index contributed by atoms with van der Waals surface area (Å²) in [6, 6.07) is 7.13. The molecule has 0 unspecified atom stereocenters. The van der Waals surface area contributed by atoms with Crippen LogP contribution in [0.2, 0.25) is 5.02 Å². The zero-order valence-electron chi connectivity index (χ0n) is 12.1. The van der Waals surface area contributed by atoms with E-state index in [1.54, 1.807) is 41.2 Å². The van der Waals surface area contributed by atoms with Crippen LogP contribution in [0.4, 0.5) is 11.4 Å². The lowest BCUT2D eigenvalue weighted by atomic mass is 10.2. The summed E-state index contributed by atoms with van der Waals surface area (Å²) < 4.78 is 1.69. The minimum Gasteiger partial charge on any atom is -0.376 e. The quantitative estimate of drug-likeness (QED) is 0.807. The van der Waals surface area contributed by atoms with E-state index in [0.717, 1.165) is 5.69 Å². The van der Waals surface area contributed by atoms with Crippen molar-refractivity contribution in [1.29, 1.82) is 0 Å². The Bertz CT molecular complexity index is 810. The number of imidazole rings is 1. The summed E-state index contributed by atoms with van der Waals surface area (Å²) in [5, 5.41) is 3.35. The first kappa shape index (κ1) is 14.3. The Kier molecular flexibility index (Phi) is 3.68. The van der Waals surface area contributed by atoms with E-state index in [2.05, 4.69) is 15.3 Å². The molecular weight excluding hydrogens is 302 g/mol. The fourth-order valence-electron chi connectivity index (χ4n) is 2.08. The van der Waals surface area contributed by atoms with Crippen LogP contribution >= 0.6 is 11.6 Å². The summed E-state index contributed by atoms with van der Waals surface area (Å²) in [5.74, 6) is 0.174. The lowest BCUT2D eigenvalue weighted by molar-refractivity contribution is 0.102. The molecule has 1 aromatic carbocycles. The molecule has 2 heterocycles. The maximum Gasteiger partial charge on any atom is 0.275 e. The molecule has 0 aliphatic carbocycles. The van der Waals surface area contributed by atoms with E-state index in [4.69, 9.17) is 11.6 Å². The van der Waals surface area contributed by atoms with Gasteiger partial charge in [0.25, 0.3) is 5.91 Å². The summed E-state index contributed by atoms with van der Waals surface area (Å²) in [6.45, 7) is 0. The third kappa shape index (κ3) is 2.73. The van der Waals surface area contributed by atoms with Crippen molar-refractivity contribution < 1.29 is 4.79 Å². The van der Waals surface area contributed by atoms with Crippen LogP contribution < -0.4 is 10.2 Å². The molecule has 6 nitrogen and oxygen atoms in total. The number of nitrogens with one attached hydrogen (secondary N) is 1. The van der Waals surface area contributed by atoms with Crippen molar-refractivity contribution in [1.82, 2.24) is 14.4 Å². The van der Waals surface area contributed by atoms with Crippen LogP contribution in [0.1, 0.15) is 10.5 Å². The van der Waals surface area contributed by atoms with Gasteiger partial charge in [0, 0.05) is 38.4 Å². The van der Waals surface area contributed by atoms with Crippen LogP contribution in [-0.2, 0) is 0 Å². The van der Waals surface area contributed by atoms with Crippen molar-refractivity contribution in [3.05, 3.63) is 53.6 Å². The van der Waals surface area contributed by atoms with E-state index in [0.29, 0.717) is 22.2 Å². The van der Waals surface area contributed by atoms with Gasteiger partial charge in [0.1, 0.15) is 5.69 Å². The van der Waals surface area contributed by atoms with Crippen LogP contribution in [0.3, 0.4) is 0 Å². The summed E-state index contributed by atoms with van der Waals surface area (Å²) >= 11 is 6.20. The fourth-order valence-corrected chi connectivity index (χ4v) is 2.43. The molecule has 0 saturated carbocycles. The first-order valence-corrected chi connectivity index (χ1v) is 7.00. The molecule has 7 heteroatoms. The normalized spacial score (nSPS) is 10.7. The average Bonchev–Trinajstić information content (AvgIpc) is 2.91. The Morgan fingerprint density at radius 2 is 2.18 bits per heavy atom. The van der Waals surface area contributed by atoms with Gasteiger partial charge < -0.3 is 10.2 Å². The van der Waals surface area contributed by atoms with Crippen molar-refractivity contribution in [2.75, 3.05) is 24.3 Å². The SMILES string of the molecule is CN(C)c1ccc(NC(=O)c2cn3cccnc3n2)cc1Cl. The molecule has 112 valence electrons. The van der Waals surface area contributed by atoms with Crippen molar-refractivity contribution >= 4 is 34.7 Å². The fraction of sp³-hybridized carbons (Fsp3) is 0.133. The van der Waals surface area contributed by atoms with E-state index in [1.807, 2.05) is 25.1 Å². The largest absolute Gasteiger partial charge is 0.376 e. The zero-order chi connectivity index (χ0) is 15.7. The summed E-state index contributed by atoms with van der Waals surface area (Å²) in [4.78, 5) is 22.4. The van der Waals surface area contributed by atoms with Crippen LogP contribution in [0.15, 0.2) is 42.9 Å². The van der Waals surface area contributed by atoms with Gasteiger partial charge in [-0.15, -0.1) is 0 Å². The van der Waals surface area contributed by atoms with Gasteiger partial charge in [0.05, 0.1) is 10.7 Å². The van der Waals surface area contributed by atoms with Crippen LogP contribution in [0.25, 0.3) is 5.78 Å². The number of halogens is 1. The molecule has 0 aliphatic rings. The first-order chi connectivity index (χ1) is 10.5. The lowest BCUT2D eigenvalue weighted by Crippen LogP contribution is -2.13. The molecule has 0 fully saturated rings. The topological polar surface area (TPSA) is 62.5 Å². The highest BCUT2D eigenvalue weighted by molar-refractivity contribution is 6.33. The van der Waals surface area contributed by atoms with E-state index in [-0.39, 0.29) is 5.91 Å². The Balaban J connectivity index is 1.83. The summed E-state index contributed by atoms with van der Waals surface area (Å²) in [7, 11) is 3.81. The van der Waals surface area contributed by atoms with Gasteiger partial charge in [-0.1, -0.05) is 11.6 Å². The zero-order valence-corrected chi connectivity index (χ0v) is 12.9. The molecule has 2 aromatic heterocycles. The molecule has 3 rings (SSSR count). The minimum atomic E-state index is -0.306. The molecule has 0 spiro atoms. The number of carbonyl (C=O) groups excluding carboxylic acids is 1. The Morgan fingerprint density at radius 1 is 1.36 bits per heavy atom. The van der Waals surface area contributed by atoms with Gasteiger partial charge in [0.2, 0.25) is 5.78 Å². The lowest BCUT2D eigenvalue weighted by Gasteiger charge is -2.15. The van der Waals surface area contributed by atoms with Gasteiger partial charge in [-0.05, 0) is 24.3 Å². The molecular formula is C15H14ClN5O. The average molecular weight is 316 g/mol. The van der Waals surface area contributed by atoms with Crippen molar-refractivity contribution in [2.45, 2.75) is 0 Å². The number of carbonyl (C=O) groups is 1. The second-order valence-corrected chi connectivity index (χ2v) is 5.38. The van der Waals surface area contributed by atoms with E-state index >= 15 is 0 Å². The highest BCUT2D eigenvalue weighted by atomic mass is 35.5.